The molecule has 1 aliphatic rings. The minimum atomic E-state index is -0.0890. The molecule has 4 aromatic rings. The maximum absolute atomic E-state index is 13.2. The molecule has 38 heavy (non-hydrogen) atoms. The van der Waals surface area contributed by atoms with Gasteiger partial charge in [-0.15, -0.1) is 5.10 Å². The number of aromatic amines is 1. The van der Waals surface area contributed by atoms with Gasteiger partial charge in [-0.3, -0.25) is 9.69 Å². The predicted octanol–water partition coefficient (Wildman–Crippen LogP) is 4.64. The molecular weight excluding hydrogens is 480 g/mol. The summed E-state index contributed by atoms with van der Waals surface area (Å²) in [6.45, 7) is 7.26. The number of tetrazole rings is 1. The number of nitrogens with one attached hydrogen (secondary N) is 1. The summed E-state index contributed by atoms with van der Waals surface area (Å²) in [5, 5.41) is 13.8. The first-order valence-corrected chi connectivity index (χ1v) is 13.6. The minimum absolute atomic E-state index is 0.0681. The van der Waals surface area contributed by atoms with E-state index in [0.29, 0.717) is 31.8 Å². The monoisotopic (exact) mass is 516 g/mol. The van der Waals surface area contributed by atoms with Crippen molar-refractivity contribution in [3.05, 3.63) is 81.9 Å². The molecule has 2 atom stereocenters. The number of ether oxygens (including phenoxy) is 2. The lowest BCUT2D eigenvalue weighted by molar-refractivity contribution is 0.0885. The molecular formula is C29H36N6O3. The Morgan fingerprint density at radius 1 is 1.16 bits per heavy atom. The summed E-state index contributed by atoms with van der Waals surface area (Å²) in [6, 6.07) is 18.0. The van der Waals surface area contributed by atoms with Gasteiger partial charge in [-0.05, 0) is 66.4 Å². The smallest absolute Gasteiger partial charge is 0.252 e. The number of H-pyrrole nitrogens is 1. The quantitative estimate of drug-likeness (QED) is 0.293. The van der Waals surface area contributed by atoms with Crippen molar-refractivity contribution in [3.63, 3.8) is 0 Å². The molecule has 0 aliphatic carbocycles. The number of nitrogens with zero attached hydrogens (tertiary/aromatic N) is 5. The molecule has 5 rings (SSSR count). The average molecular weight is 517 g/mol. The van der Waals surface area contributed by atoms with Crippen LogP contribution in [0.15, 0.2) is 59.4 Å². The molecule has 0 unspecified atom stereocenters. The van der Waals surface area contributed by atoms with Crippen LogP contribution in [0.3, 0.4) is 0 Å². The van der Waals surface area contributed by atoms with Gasteiger partial charge >= 0.3 is 0 Å². The molecule has 9 heteroatoms. The number of pyridine rings is 1. The second kappa shape index (κ2) is 12.3. The predicted molar refractivity (Wildman–Crippen MR) is 146 cm³/mol. The topological polar surface area (TPSA) is 98.2 Å². The summed E-state index contributed by atoms with van der Waals surface area (Å²) in [6.07, 6.45) is 4.02. The van der Waals surface area contributed by atoms with Crippen molar-refractivity contribution in [1.29, 1.82) is 0 Å². The third-order valence-electron chi connectivity index (χ3n) is 7.07. The molecule has 2 aromatic carbocycles. The average Bonchev–Trinajstić information content (AvgIpc) is 3.61. The Morgan fingerprint density at radius 3 is 2.79 bits per heavy atom. The first kappa shape index (κ1) is 26.1. The third kappa shape index (κ3) is 6.11. The third-order valence-corrected chi connectivity index (χ3v) is 7.07. The lowest BCUT2D eigenvalue weighted by atomic mass is 10.1. The van der Waals surface area contributed by atoms with Crippen molar-refractivity contribution < 1.29 is 9.47 Å². The first-order valence-electron chi connectivity index (χ1n) is 13.6. The number of rotatable bonds is 12. The van der Waals surface area contributed by atoms with E-state index in [1.807, 2.05) is 54.1 Å². The van der Waals surface area contributed by atoms with E-state index in [2.05, 4.69) is 44.5 Å². The molecule has 1 N–H and O–H groups in total. The minimum Gasteiger partial charge on any atom is -0.494 e. The van der Waals surface area contributed by atoms with Gasteiger partial charge in [0.25, 0.3) is 5.56 Å². The van der Waals surface area contributed by atoms with Gasteiger partial charge in [-0.1, -0.05) is 43.7 Å². The number of aromatic nitrogens is 5. The fraction of sp³-hybridized carbons (Fsp3) is 0.448. The zero-order valence-corrected chi connectivity index (χ0v) is 22.2. The van der Waals surface area contributed by atoms with E-state index in [9.17, 15) is 4.79 Å². The van der Waals surface area contributed by atoms with E-state index < -0.39 is 0 Å². The Morgan fingerprint density at radius 2 is 2.03 bits per heavy atom. The van der Waals surface area contributed by atoms with E-state index in [4.69, 9.17) is 9.47 Å². The van der Waals surface area contributed by atoms with E-state index in [1.165, 1.54) is 5.56 Å². The fourth-order valence-corrected chi connectivity index (χ4v) is 5.23. The number of hydrogen-bond acceptors (Lipinski definition) is 7. The Labute approximate surface area is 222 Å². The molecule has 1 aliphatic heterocycles. The summed E-state index contributed by atoms with van der Waals surface area (Å²) >= 11 is 0. The highest BCUT2D eigenvalue weighted by atomic mass is 16.5. The summed E-state index contributed by atoms with van der Waals surface area (Å²) in [7, 11) is 0. The van der Waals surface area contributed by atoms with E-state index in [1.54, 1.807) is 0 Å². The van der Waals surface area contributed by atoms with Crippen molar-refractivity contribution in [2.24, 2.45) is 0 Å². The van der Waals surface area contributed by atoms with Crippen LogP contribution in [-0.4, -0.2) is 49.4 Å². The highest BCUT2D eigenvalue weighted by Crippen LogP contribution is 2.29. The molecule has 2 aromatic heterocycles. The Hall–Kier alpha value is -3.56. The van der Waals surface area contributed by atoms with Gasteiger partial charge in [-0.25, -0.2) is 4.68 Å². The van der Waals surface area contributed by atoms with Gasteiger partial charge in [0.05, 0.1) is 25.3 Å². The van der Waals surface area contributed by atoms with Crippen LogP contribution in [0.4, 0.5) is 0 Å². The Kier molecular flexibility index (Phi) is 8.45. The molecule has 3 heterocycles. The summed E-state index contributed by atoms with van der Waals surface area (Å²) in [5.41, 5.74) is 2.57. The summed E-state index contributed by atoms with van der Waals surface area (Å²) in [4.78, 5) is 18.6. The zero-order chi connectivity index (χ0) is 26.3. The maximum atomic E-state index is 13.2. The molecule has 1 saturated heterocycles. The van der Waals surface area contributed by atoms with Crippen LogP contribution in [0.25, 0.3) is 10.9 Å². The zero-order valence-electron chi connectivity index (χ0n) is 22.2. The molecule has 0 bridgehead atoms. The molecule has 0 saturated carbocycles. The molecule has 0 amide bonds. The lowest BCUT2D eigenvalue weighted by Gasteiger charge is -2.31. The first-order chi connectivity index (χ1) is 18.6. The molecule has 0 spiro atoms. The highest BCUT2D eigenvalue weighted by Gasteiger charge is 2.28. The number of benzene rings is 2. The number of hydrogen-bond donors (Lipinski definition) is 1. The standard InChI is InChI=1S/C29H36N6O3/c1-3-9-27(28-31-32-33-35(28)20-25-12-8-15-38-25)34(18-21-10-6-5-7-11-21)19-23-16-22-17-24(37-4-2)13-14-26(22)30-29(23)36/h5-7,10-11,13-14,16-17,25,27H,3-4,8-9,12,15,18-20H2,1-2H3,(H,30,36)/t25-,27-/m0/s1. The van der Waals surface area contributed by atoms with Gasteiger partial charge in [0.2, 0.25) is 0 Å². The van der Waals surface area contributed by atoms with Crippen LogP contribution >= 0.6 is 0 Å². The van der Waals surface area contributed by atoms with Gasteiger partial charge in [0, 0.05) is 36.2 Å². The van der Waals surface area contributed by atoms with Crippen LogP contribution in [0, 0.1) is 0 Å². The lowest BCUT2D eigenvalue weighted by Crippen LogP contribution is -2.33. The van der Waals surface area contributed by atoms with Crippen molar-refractivity contribution in [2.75, 3.05) is 13.2 Å². The molecule has 9 nitrogen and oxygen atoms in total. The molecule has 0 radical (unpaired) electrons. The van der Waals surface area contributed by atoms with Gasteiger partial charge in [0.1, 0.15) is 5.75 Å². The van der Waals surface area contributed by atoms with Gasteiger partial charge < -0.3 is 14.5 Å². The van der Waals surface area contributed by atoms with Crippen molar-refractivity contribution in [2.45, 2.75) is 71.3 Å². The van der Waals surface area contributed by atoms with Crippen LogP contribution in [-0.2, 0) is 24.4 Å². The van der Waals surface area contributed by atoms with Gasteiger partial charge in [0.15, 0.2) is 5.82 Å². The fourth-order valence-electron chi connectivity index (χ4n) is 5.23. The van der Waals surface area contributed by atoms with Crippen LogP contribution < -0.4 is 10.3 Å². The van der Waals surface area contributed by atoms with Crippen LogP contribution in [0.5, 0.6) is 5.75 Å². The van der Waals surface area contributed by atoms with E-state index in [-0.39, 0.29) is 17.7 Å². The number of fused-ring (bicyclic) bond motifs is 1. The highest BCUT2D eigenvalue weighted by molar-refractivity contribution is 5.80. The van der Waals surface area contributed by atoms with E-state index >= 15 is 0 Å². The summed E-state index contributed by atoms with van der Waals surface area (Å²) < 4.78 is 13.5. The Bertz CT molecular complexity index is 1380. The second-order valence-electron chi connectivity index (χ2n) is 9.86. The largest absolute Gasteiger partial charge is 0.494 e. The maximum Gasteiger partial charge on any atom is 0.252 e. The normalized spacial score (nSPS) is 16.3. The summed E-state index contributed by atoms with van der Waals surface area (Å²) in [5.74, 6) is 1.60. The molecule has 1 fully saturated rings. The Balaban J connectivity index is 1.51. The SMILES string of the molecule is CCC[C@@H](c1nnnn1C[C@@H]1CCCO1)N(Cc1ccccc1)Cc1cc2cc(OCC)ccc2[nH]c1=O. The van der Waals surface area contributed by atoms with Crippen LogP contribution in [0.2, 0.25) is 0 Å². The van der Waals surface area contributed by atoms with E-state index in [0.717, 1.165) is 54.8 Å². The second-order valence-corrected chi connectivity index (χ2v) is 9.86. The van der Waals surface area contributed by atoms with Crippen molar-refractivity contribution in [1.82, 2.24) is 30.1 Å². The van der Waals surface area contributed by atoms with Gasteiger partial charge in [-0.2, -0.15) is 0 Å². The van der Waals surface area contributed by atoms with Crippen molar-refractivity contribution in [3.8, 4) is 5.75 Å². The van der Waals surface area contributed by atoms with Crippen LogP contribution in [0.1, 0.15) is 62.5 Å². The molecule has 200 valence electrons. The van der Waals surface area contributed by atoms with Crippen molar-refractivity contribution >= 4 is 10.9 Å².